The summed E-state index contributed by atoms with van der Waals surface area (Å²) in [5.41, 5.74) is 1.57. The largest absolute Gasteiger partial charge is 0.482 e. The number of fused-ring (bicyclic) bond motifs is 1. The zero-order valence-corrected chi connectivity index (χ0v) is 16.5. The average molecular weight is 433 g/mol. The normalized spacial score (nSPS) is 15.7. The van der Waals surface area contributed by atoms with Crippen LogP contribution >= 0.6 is 11.6 Å². The lowest BCUT2D eigenvalue weighted by Crippen LogP contribution is -2.51. The van der Waals surface area contributed by atoms with E-state index in [1.165, 1.54) is 17.0 Å². The van der Waals surface area contributed by atoms with Crippen molar-refractivity contribution < 1.29 is 23.5 Å². The molecule has 0 atom stereocenters. The molecule has 3 amide bonds. The van der Waals surface area contributed by atoms with Crippen LogP contribution in [0.1, 0.15) is 0 Å². The minimum atomic E-state index is -0.763. The van der Waals surface area contributed by atoms with Crippen LogP contribution in [0.2, 0.25) is 5.02 Å². The number of nitrogens with one attached hydrogen (secondary N) is 2. The number of hydrogen-bond acceptors (Lipinski definition) is 5. The van der Waals surface area contributed by atoms with E-state index in [0.717, 1.165) is 0 Å². The van der Waals surface area contributed by atoms with Crippen LogP contribution in [0.4, 0.5) is 21.5 Å². The molecule has 2 aromatic rings. The smallest absolute Gasteiger partial charge is 0.313 e. The van der Waals surface area contributed by atoms with Gasteiger partial charge in [-0.2, -0.15) is 0 Å². The molecule has 2 heterocycles. The summed E-state index contributed by atoms with van der Waals surface area (Å²) in [5, 5.41) is 5.26. The molecule has 1 saturated heterocycles. The second-order valence-corrected chi connectivity index (χ2v) is 7.29. The highest BCUT2D eigenvalue weighted by Gasteiger charge is 2.27. The first kappa shape index (κ1) is 20.0. The van der Waals surface area contributed by atoms with E-state index >= 15 is 0 Å². The lowest BCUT2D eigenvalue weighted by atomic mass is 10.2. The molecule has 4 rings (SSSR count). The van der Waals surface area contributed by atoms with Crippen molar-refractivity contribution in [2.75, 3.05) is 48.3 Å². The Bertz CT molecular complexity index is 1020. The van der Waals surface area contributed by atoms with Gasteiger partial charge in [0.05, 0.1) is 10.7 Å². The number of anilines is 3. The molecular formula is C20H18ClFN4O4. The fourth-order valence-corrected chi connectivity index (χ4v) is 3.45. The molecule has 0 spiro atoms. The third kappa shape index (κ3) is 4.16. The van der Waals surface area contributed by atoms with E-state index in [2.05, 4.69) is 10.6 Å². The molecule has 156 valence electrons. The van der Waals surface area contributed by atoms with Crippen molar-refractivity contribution in [1.29, 1.82) is 0 Å². The summed E-state index contributed by atoms with van der Waals surface area (Å²) in [6.07, 6.45) is 0. The Morgan fingerprint density at radius 3 is 2.60 bits per heavy atom. The number of carbonyl (C=O) groups excluding carboxylic acids is 3. The van der Waals surface area contributed by atoms with E-state index in [1.54, 1.807) is 24.3 Å². The molecule has 30 heavy (non-hydrogen) atoms. The van der Waals surface area contributed by atoms with Gasteiger partial charge in [0.25, 0.3) is 5.91 Å². The Labute approximate surface area is 176 Å². The number of halogens is 2. The Kier molecular flexibility index (Phi) is 5.45. The Morgan fingerprint density at radius 1 is 1.10 bits per heavy atom. The van der Waals surface area contributed by atoms with E-state index in [9.17, 15) is 18.8 Å². The van der Waals surface area contributed by atoms with Crippen molar-refractivity contribution in [3.63, 3.8) is 0 Å². The molecule has 1 fully saturated rings. The second kappa shape index (κ2) is 8.19. The topological polar surface area (TPSA) is 91.0 Å². The predicted octanol–water partition coefficient (Wildman–Crippen LogP) is 2.10. The van der Waals surface area contributed by atoms with E-state index in [0.29, 0.717) is 49.0 Å². The highest BCUT2D eigenvalue weighted by atomic mass is 35.5. The molecule has 0 radical (unpaired) electrons. The first-order valence-electron chi connectivity index (χ1n) is 9.27. The molecule has 0 aliphatic carbocycles. The maximum atomic E-state index is 13.7. The van der Waals surface area contributed by atoms with Crippen LogP contribution < -0.4 is 20.3 Å². The standard InChI is InChI=1S/C20H18ClFN4O4/c21-14-3-2-13(10-15(14)22)25-5-7-26(8-6-25)20(29)19(28)23-12-1-4-16-17(9-12)30-11-18(27)24-16/h1-4,9-10H,5-8,11H2,(H,23,28)(H,24,27). The lowest BCUT2D eigenvalue weighted by Gasteiger charge is -2.35. The summed E-state index contributed by atoms with van der Waals surface area (Å²) in [5.74, 6) is -1.75. The van der Waals surface area contributed by atoms with Gasteiger partial charge in [-0.15, -0.1) is 0 Å². The summed E-state index contributed by atoms with van der Waals surface area (Å²) in [7, 11) is 0. The molecule has 0 bridgehead atoms. The van der Waals surface area contributed by atoms with Crippen LogP contribution in [0, 0.1) is 5.82 Å². The van der Waals surface area contributed by atoms with Gasteiger partial charge in [-0.3, -0.25) is 14.4 Å². The highest BCUT2D eigenvalue weighted by molar-refractivity contribution is 6.39. The van der Waals surface area contributed by atoms with Gasteiger partial charge in [-0.1, -0.05) is 11.6 Å². The molecule has 10 heteroatoms. The number of carbonyl (C=O) groups is 3. The number of rotatable bonds is 2. The number of hydrogen-bond donors (Lipinski definition) is 2. The van der Waals surface area contributed by atoms with Crippen molar-refractivity contribution in [1.82, 2.24) is 4.90 Å². The van der Waals surface area contributed by atoms with Crippen molar-refractivity contribution in [3.8, 4) is 5.75 Å². The monoisotopic (exact) mass is 432 g/mol. The van der Waals surface area contributed by atoms with Crippen LogP contribution in [0.15, 0.2) is 36.4 Å². The van der Waals surface area contributed by atoms with Crippen LogP contribution in [0.25, 0.3) is 0 Å². The molecule has 2 aliphatic heterocycles. The molecule has 0 saturated carbocycles. The van der Waals surface area contributed by atoms with Gasteiger partial charge in [0.15, 0.2) is 6.61 Å². The number of nitrogens with zero attached hydrogens (tertiary/aromatic N) is 2. The minimum absolute atomic E-state index is 0.0548. The molecule has 0 aromatic heterocycles. The Morgan fingerprint density at radius 2 is 1.87 bits per heavy atom. The zero-order valence-electron chi connectivity index (χ0n) is 15.8. The van der Waals surface area contributed by atoms with Gasteiger partial charge in [0.1, 0.15) is 11.6 Å². The fraction of sp³-hybridized carbons (Fsp3) is 0.250. The molecule has 2 aromatic carbocycles. The molecule has 2 aliphatic rings. The molecule has 8 nitrogen and oxygen atoms in total. The van der Waals surface area contributed by atoms with E-state index in [1.807, 2.05) is 4.90 Å². The summed E-state index contributed by atoms with van der Waals surface area (Å²) in [6, 6.07) is 9.28. The summed E-state index contributed by atoms with van der Waals surface area (Å²) in [6.45, 7) is 1.48. The van der Waals surface area contributed by atoms with Gasteiger partial charge in [-0.05, 0) is 30.3 Å². The number of amides is 3. The van der Waals surface area contributed by atoms with Crippen molar-refractivity contribution >= 4 is 46.4 Å². The molecule has 2 N–H and O–H groups in total. The van der Waals surface area contributed by atoms with E-state index in [-0.39, 0.29) is 17.5 Å². The fourth-order valence-electron chi connectivity index (χ4n) is 3.33. The highest BCUT2D eigenvalue weighted by Crippen LogP contribution is 2.30. The van der Waals surface area contributed by atoms with Gasteiger partial charge >= 0.3 is 11.8 Å². The van der Waals surface area contributed by atoms with Crippen molar-refractivity contribution in [2.45, 2.75) is 0 Å². The van der Waals surface area contributed by atoms with Crippen molar-refractivity contribution in [3.05, 3.63) is 47.2 Å². The maximum absolute atomic E-state index is 13.7. The Balaban J connectivity index is 1.34. The van der Waals surface area contributed by atoms with Crippen LogP contribution in [0.3, 0.4) is 0 Å². The summed E-state index contributed by atoms with van der Waals surface area (Å²) in [4.78, 5) is 39.6. The minimum Gasteiger partial charge on any atom is -0.482 e. The van der Waals surface area contributed by atoms with E-state index < -0.39 is 17.6 Å². The van der Waals surface area contributed by atoms with Gasteiger partial charge < -0.3 is 25.2 Å². The second-order valence-electron chi connectivity index (χ2n) is 6.88. The van der Waals surface area contributed by atoms with Crippen LogP contribution in [-0.4, -0.2) is 55.4 Å². The van der Waals surface area contributed by atoms with Gasteiger partial charge in [0, 0.05) is 43.6 Å². The Hall–Kier alpha value is -3.33. The first-order valence-corrected chi connectivity index (χ1v) is 9.65. The predicted molar refractivity (Wildman–Crippen MR) is 109 cm³/mol. The summed E-state index contributed by atoms with van der Waals surface area (Å²) < 4.78 is 19.0. The van der Waals surface area contributed by atoms with Gasteiger partial charge in [-0.25, -0.2) is 4.39 Å². The van der Waals surface area contributed by atoms with E-state index in [4.69, 9.17) is 16.3 Å². The number of piperazine rings is 1. The molecular weight excluding hydrogens is 415 g/mol. The summed E-state index contributed by atoms with van der Waals surface area (Å²) >= 11 is 5.71. The van der Waals surface area contributed by atoms with Crippen LogP contribution in [-0.2, 0) is 14.4 Å². The first-order chi connectivity index (χ1) is 14.4. The third-order valence-electron chi connectivity index (χ3n) is 4.90. The average Bonchev–Trinajstić information content (AvgIpc) is 2.75. The third-order valence-corrected chi connectivity index (χ3v) is 5.21. The zero-order chi connectivity index (χ0) is 21.3. The SMILES string of the molecule is O=C1COc2cc(NC(=O)C(=O)N3CCN(c4ccc(Cl)c(F)c4)CC3)ccc2N1. The van der Waals surface area contributed by atoms with Crippen LogP contribution in [0.5, 0.6) is 5.75 Å². The quantitative estimate of drug-likeness (QED) is 0.709. The number of benzene rings is 2. The maximum Gasteiger partial charge on any atom is 0.313 e. The number of ether oxygens (including phenoxy) is 1. The van der Waals surface area contributed by atoms with Gasteiger partial charge in [0.2, 0.25) is 0 Å². The molecule has 0 unspecified atom stereocenters. The van der Waals surface area contributed by atoms with Crippen molar-refractivity contribution in [2.24, 2.45) is 0 Å². The lowest BCUT2D eigenvalue weighted by molar-refractivity contribution is -0.143.